The summed E-state index contributed by atoms with van der Waals surface area (Å²) in [7, 11) is 0. The van der Waals surface area contributed by atoms with Crippen LogP contribution in [0, 0.1) is 6.92 Å². The van der Waals surface area contributed by atoms with Gasteiger partial charge in [-0.05, 0) is 42.8 Å². The molecule has 2 heterocycles. The van der Waals surface area contributed by atoms with Crippen molar-refractivity contribution < 1.29 is 0 Å². The molecule has 0 spiro atoms. The number of anilines is 1. The van der Waals surface area contributed by atoms with Crippen LogP contribution in [0.15, 0.2) is 55.2 Å². The van der Waals surface area contributed by atoms with Crippen molar-refractivity contribution in [1.29, 1.82) is 0 Å². The normalized spacial score (nSPS) is 10.4. The monoisotopic (exact) mass is 265 g/mol. The van der Waals surface area contributed by atoms with Crippen molar-refractivity contribution in [3.05, 3.63) is 66.5 Å². The average Bonchev–Trinajstić information content (AvgIpc) is 3.01. The van der Waals surface area contributed by atoms with E-state index >= 15 is 0 Å². The predicted octanol–water partition coefficient (Wildman–Crippen LogP) is 2.58. The topological polar surface area (TPSA) is 55.6 Å². The number of hydrogen-bond acceptors (Lipinski definition) is 4. The molecule has 3 aromatic rings. The van der Waals surface area contributed by atoms with Gasteiger partial charge in [0.15, 0.2) is 0 Å². The first-order valence-electron chi connectivity index (χ1n) is 6.42. The highest BCUT2D eigenvalue weighted by Crippen LogP contribution is 2.13. The molecule has 20 heavy (non-hydrogen) atoms. The van der Waals surface area contributed by atoms with Gasteiger partial charge in [0.05, 0.1) is 5.69 Å². The lowest BCUT2D eigenvalue weighted by Gasteiger charge is -2.07. The lowest BCUT2D eigenvalue weighted by molar-refractivity contribution is 0.879. The van der Waals surface area contributed by atoms with Crippen molar-refractivity contribution in [3.8, 4) is 5.69 Å². The number of rotatable bonds is 4. The fourth-order valence-corrected chi connectivity index (χ4v) is 1.88. The summed E-state index contributed by atoms with van der Waals surface area (Å²) in [5.74, 6) is 0. The Bertz CT molecular complexity index is 656. The maximum absolute atomic E-state index is 4.28. The van der Waals surface area contributed by atoms with Crippen molar-refractivity contribution >= 4 is 5.69 Å². The summed E-state index contributed by atoms with van der Waals surface area (Å²) >= 11 is 0. The van der Waals surface area contributed by atoms with Crippen LogP contribution >= 0.6 is 0 Å². The quantitative estimate of drug-likeness (QED) is 0.787. The van der Waals surface area contributed by atoms with E-state index in [9.17, 15) is 0 Å². The van der Waals surface area contributed by atoms with Gasteiger partial charge in [0.1, 0.15) is 12.7 Å². The summed E-state index contributed by atoms with van der Waals surface area (Å²) in [6, 6.07) is 12.2. The van der Waals surface area contributed by atoms with E-state index in [0.29, 0.717) is 0 Å². The standard InChI is InChI=1S/C15H15N5/c1-12-2-3-13(8-17-12)9-18-14-4-6-15(7-5-14)20-11-16-10-19-20/h2-8,10-11,18H,9H2,1H3. The number of hydrogen-bond donors (Lipinski definition) is 1. The van der Waals surface area contributed by atoms with Crippen molar-refractivity contribution in [2.45, 2.75) is 13.5 Å². The molecule has 1 aromatic carbocycles. The minimum absolute atomic E-state index is 0.760. The van der Waals surface area contributed by atoms with E-state index in [1.165, 1.54) is 6.33 Å². The van der Waals surface area contributed by atoms with Gasteiger partial charge in [0.25, 0.3) is 0 Å². The van der Waals surface area contributed by atoms with E-state index < -0.39 is 0 Å². The molecule has 1 N–H and O–H groups in total. The van der Waals surface area contributed by atoms with Crippen molar-refractivity contribution in [1.82, 2.24) is 19.7 Å². The molecule has 5 heteroatoms. The minimum Gasteiger partial charge on any atom is -0.381 e. The molecule has 0 amide bonds. The Kier molecular flexibility index (Phi) is 3.41. The first kappa shape index (κ1) is 12.3. The van der Waals surface area contributed by atoms with E-state index in [2.05, 4.69) is 26.4 Å². The minimum atomic E-state index is 0.760. The average molecular weight is 265 g/mol. The maximum Gasteiger partial charge on any atom is 0.138 e. The fraction of sp³-hybridized carbons (Fsp3) is 0.133. The molecular weight excluding hydrogens is 250 g/mol. The van der Waals surface area contributed by atoms with Gasteiger partial charge < -0.3 is 5.32 Å². The number of aryl methyl sites for hydroxylation is 1. The van der Waals surface area contributed by atoms with Crippen LogP contribution in [0.4, 0.5) is 5.69 Å². The van der Waals surface area contributed by atoms with Gasteiger partial charge in [-0.15, -0.1) is 0 Å². The second-order valence-electron chi connectivity index (χ2n) is 4.55. The predicted molar refractivity (Wildman–Crippen MR) is 77.7 cm³/mol. The van der Waals surface area contributed by atoms with Crippen LogP contribution in [0.2, 0.25) is 0 Å². The molecule has 2 aromatic heterocycles. The summed E-state index contributed by atoms with van der Waals surface area (Å²) in [4.78, 5) is 8.21. The van der Waals surface area contributed by atoms with Gasteiger partial charge in [-0.1, -0.05) is 6.07 Å². The van der Waals surface area contributed by atoms with E-state index in [4.69, 9.17) is 0 Å². The fourth-order valence-electron chi connectivity index (χ4n) is 1.88. The number of nitrogens with zero attached hydrogens (tertiary/aromatic N) is 4. The summed E-state index contributed by atoms with van der Waals surface area (Å²) in [6.07, 6.45) is 5.10. The summed E-state index contributed by atoms with van der Waals surface area (Å²) in [5, 5.41) is 7.46. The van der Waals surface area contributed by atoms with Gasteiger partial charge in [0.2, 0.25) is 0 Å². The third-order valence-corrected chi connectivity index (χ3v) is 3.02. The summed E-state index contributed by atoms with van der Waals surface area (Å²) in [5.41, 5.74) is 4.25. The highest BCUT2D eigenvalue weighted by Gasteiger charge is 1.98. The Hall–Kier alpha value is -2.69. The van der Waals surface area contributed by atoms with E-state index in [-0.39, 0.29) is 0 Å². The lowest BCUT2D eigenvalue weighted by atomic mass is 10.2. The van der Waals surface area contributed by atoms with Crippen LogP contribution in [-0.4, -0.2) is 19.7 Å². The molecule has 0 aliphatic rings. The molecule has 0 aliphatic heterocycles. The second kappa shape index (κ2) is 5.52. The van der Waals surface area contributed by atoms with Crippen LogP contribution in [0.25, 0.3) is 5.69 Å². The van der Waals surface area contributed by atoms with Crippen molar-refractivity contribution in [2.75, 3.05) is 5.32 Å². The summed E-state index contributed by atoms with van der Waals surface area (Å²) < 4.78 is 1.73. The van der Waals surface area contributed by atoms with Gasteiger partial charge in [-0.2, -0.15) is 5.10 Å². The highest BCUT2D eigenvalue weighted by atomic mass is 15.3. The van der Waals surface area contributed by atoms with E-state index in [0.717, 1.165) is 29.2 Å². The zero-order chi connectivity index (χ0) is 13.8. The molecule has 0 bridgehead atoms. The molecule has 0 aliphatic carbocycles. The highest BCUT2D eigenvalue weighted by molar-refractivity contribution is 5.48. The van der Waals surface area contributed by atoms with Gasteiger partial charge >= 0.3 is 0 Å². The van der Waals surface area contributed by atoms with Crippen LogP contribution in [0.5, 0.6) is 0 Å². The largest absolute Gasteiger partial charge is 0.381 e. The van der Waals surface area contributed by atoms with E-state index in [1.807, 2.05) is 43.5 Å². The number of aromatic nitrogens is 4. The molecule has 0 atom stereocenters. The van der Waals surface area contributed by atoms with Crippen LogP contribution < -0.4 is 5.32 Å². The number of nitrogens with one attached hydrogen (secondary N) is 1. The summed E-state index contributed by atoms with van der Waals surface area (Å²) in [6.45, 7) is 2.75. The van der Waals surface area contributed by atoms with Crippen LogP contribution in [-0.2, 0) is 6.54 Å². The molecule has 0 radical (unpaired) electrons. The van der Waals surface area contributed by atoms with Crippen molar-refractivity contribution in [3.63, 3.8) is 0 Å². The van der Waals surface area contributed by atoms with Crippen molar-refractivity contribution in [2.24, 2.45) is 0 Å². The maximum atomic E-state index is 4.28. The number of benzene rings is 1. The lowest BCUT2D eigenvalue weighted by Crippen LogP contribution is -2.01. The smallest absolute Gasteiger partial charge is 0.138 e. The van der Waals surface area contributed by atoms with Gasteiger partial charge in [-0.25, -0.2) is 9.67 Å². The molecule has 0 unspecified atom stereocenters. The Morgan fingerprint density at radius 1 is 1.10 bits per heavy atom. The Morgan fingerprint density at radius 2 is 1.95 bits per heavy atom. The van der Waals surface area contributed by atoms with E-state index in [1.54, 1.807) is 11.0 Å². The molecule has 0 saturated carbocycles. The Balaban J connectivity index is 1.65. The van der Waals surface area contributed by atoms with Gasteiger partial charge in [-0.3, -0.25) is 4.98 Å². The third kappa shape index (κ3) is 2.83. The SMILES string of the molecule is Cc1ccc(CNc2ccc(-n3cncn3)cc2)cn1. The Morgan fingerprint density at radius 3 is 2.60 bits per heavy atom. The molecule has 0 saturated heterocycles. The third-order valence-electron chi connectivity index (χ3n) is 3.02. The van der Waals surface area contributed by atoms with Crippen LogP contribution in [0.1, 0.15) is 11.3 Å². The molecular formula is C15H15N5. The first-order chi connectivity index (χ1) is 9.81. The molecule has 5 nitrogen and oxygen atoms in total. The molecule has 3 rings (SSSR count). The Labute approximate surface area is 117 Å². The van der Waals surface area contributed by atoms with Gasteiger partial charge in [0, 0.05) is 24.1 Å². The van der Waals surface area contributed by atoms with Crippen LogP contribution in [0.3, 0.4) is 0 Å². The second-order valence-corrected chi connectivity index (χ2v) is 4.55. The first-order valence-corrected chi connectivity index (χ1v) is 6.42. The zero-order valence-electron chi connectivity index (χ0n) is 11.2. The molecule has 100 valence electrons. The zero-order valence-corrected chi connectivity index (χ0v) is 11.2. The number of pyridine rings is 1. The molecule has 0 fully saturated rings.